The zero-order valence-electron chi connectivity index (χ0n) is 7.16. The quantitative estimate of drug-likeness (QED) is 0.695. The van der Waals surface area contributed by atoms with Crippen molar-refractivity contribution in [1.82, 2.24) is 5.32 Å². The molecule has 1 aliphatic carbocycles. The molecule has 0 spiro atoms. The summed E-state index contributed by atoms with van der Waals surface area (Å²) in [6, 6.07) is 0.831. The summed E-state index contributed by atoms with van der Waals surface area (Å²) in [5.41, 5.74) is 0. The van der Waals surface area contributed by atoms with Crippen LogP contribution in [-0.4, -0.2) is 37.3 Å². The van der Waals surface area contributed by atoms with Crippen molar-refractivity contribution in [2.75, 3.05) is 31.3 Å². The maximum Gasteiger partial charge on any atom is 0.0501 e. The highest BCUT2D eigenvalue weighted by Gasteiger charge is 2.53. The van der Waals surface area contributed by atoms with E-state index < -0.39 is 0 Å². The molecular formula is C9H15NOS. The first-order chi connectivity index (χ1) is 5.95. The third kappa shape index (κ3) is 1.19. The molecule has 0 bridgehead atoms. The van der Waals surface area contributed by atoms with Gasteiger partial charge in [0.1, 0.15) is 0 Å². The molecule has 2 aliphatic heterocycles. The lowest BCUT2D eigenvalue weighted by atomic mass is 10.2. The highest BCUT2D eigenvalue weighted by molar-refractivity contribution is 8.00. The molecule has 2 saturated heterocycles. The van der Waals surface area contributed by atoms with E-state index in [1.165, 1.54) is 18.1 Å². The van der Waals surface area contributed by atoms with Gasteiger partial charge in [0.05, 0.1) is 13.2 Å². The molecule has 3 heteroatoms. The molecule has 2 atom stereocenters. The van der Waals surface area contributed by atoms with Crippen LogP contribution in [0.2, 0.25) is 0 Å². The first-order valence-corrected chi connectivity index (χ1v) is 5.99. The number of hydrogen-bond acceptors (Lipinski definition) is 3. The van der Waals surface area contributed by atoms with Gasteiger partial charge in [0, 0.05) is 17.5 Å². The Morgan fingerprint density at radius 2 is 2.00 bits per heavy atom. The van der Waals surface area contributed by atoms with Crippen molar-refractivity contribution in [3.05, 3.63) is 0 Å². The summed E-state index contributed by atoms with van der Waals surface area (Å²) in [5, 5.41) is 3.63. The van der Waals surface area contributed by atoms with Crippen molar-refractivity contribution in [2.24, 2.45) is 17.8 Å². The van der Waals surface area contributed by atoms with Crippen LogP contribution in [0.5, 0.6) is 0 Å². The number of rotatable bonds is 3. The van der Waals surface area contributed by atoms with Crippen molar-refractivity contribution in [2.45, 2.75) is 6.04 Å². The van der Waals surface area contributed by atoms with Gasteiger partial charge in [-0.1, -0.05) is 0 Å². The number of nitrogens with one attached hydrogen (secondary N) is 1. The molecule has 0 aromatic rings. The number of thioether (sulfide) groups is 1. The zero-order chi connectivity index (χ0) is 7.97. The summed E-state index contributed by atoms with van der Waals surface area (Å²) in [7, 11) is 0. The summed E-state index contributed by atoms with van der Waals surface area (Å²) in [4.78, 5) is 0. The minimum absolute atomic E-state index is 0.831. The Morgan fingerprint density at radius 1 is 1.25 bits per heavy atom. The van der Waals surface area contributed by atoms with E-state index in [9.17, 15) is 0 Å². The molecule has 68 valence electrons. The third-order valence-electron chi connectivity index (χ3n) is 3.41. The summed E-state index contributed by atoms with van der Waals surface area (Å²) >= 11 is 2.05. The Kier molecular flexibility index (Phi) is 1.85. The maximum atomic E-state index is 5.35. The molecule has 0 aromatic carbocycles. The molecule has 0 amide bonds. The van der Waals surface area contributed by atoms with E-state index in [-0.39, 0.29) is 0 Å². The number of fused-ring (bicyclic) bond motifs is 1. The Morgan fingerprint density at radius 3 is 2.58 bits per heavy atom. The van der Waals surface area contributed by atoms with E-state index in [0.29, 0.717) is 0 Å². The second-order valence-electron chi connectivity index (χ2n) is 4.17. The van der Waals surface area contributed by atoms with Crippen LogP contribution in [0.1, 0.15) is 0 Å². The molecule has 1 N–H and O–H groups in total. The molecule has 0 radical (unpaired) electrons. The fourth-order valence-corrected chi connectivity index (χ4v) is 3.03. The van der Waals surface area contributed by atoms with Gasteiger partial charge >= 0.3 is 0 Å². The predicted molar refractivity (Wildman–Crippen MR) is 50.4 cm³/mol. The third-order valence-corrected chi connectivity index (χ3v) is 4.69. The fraction of sp³-hybridized carbons (Fsp3) is 1.00. The molecule has 2 heterocycles. The molecule has 3 rings (SSSR count). The lowest BCUT2D eigenvalue weighted by Gasteiger charge is -2.26. The lowest BCUT2D eigenvalue weighted by molar-refractivity contribution is 0.150. The average molecular weight is 185 g/mol. The fourth-order valence-electron chi connectivity index (χ4n) is 2.32. The number of ether oxygens (including phenoxy) is 1. The van der Waals surface area contributed by atoms with Crippen LogP contribution in [0.3, 0.4) is 0 Å². The van der Waals surface area contributed by atoms with Crippen molar-refractivity contribution in [3.63, 3.8) is 0 Å². The second kappa shape index (κ2) is 2.89. The summed E-state index contributed by atoms with van der Waals surface area (Å²) in [6.07, 6.45) is 0. The van der Waals surface area contributed by atoms with E-state index in [4.69, 9.17) is 4.74 Å². The lowest BCUT2D eigenvalue weighted by Crippen LogP contribution is -2.41. The van der Waals surface area contributed by atoms with Gasteiger partial charge in [-0.2, -0.15) is 11.8 Å². The van der Waals surface area contributed by atoms with Gasteiger partial charge in [-0.05, 0) is 24.3 Å². The average Bonchev–Trinajstić information content (AvgIpc) is 2.45. The van der Waals surface area contributed by atoms with E-state index in [2.05, 4.69) is 17.1 Å². The minimum atomic E-state index is 0.831. The zero-order valence-corrected chi connectivity index (χ0v) is 7.98. The standard InChI is InChI=1S/C9H15NOS/c1(10-6-4-12-5-6)7-8-2-11-3-9(7)8/h6-10H,1-5H2. The van der Waals surface area contributed by atoms with Crippen LogP contribution in [0.25, 0.3) is 0 Å². The van der Waals surface area contributed by atoms with Gasteiger partial charge in [0.25, 0.3) is 0 Å². The van der Waals surface area contributed by atoms with Crippen LogP contribution in [-0.2, 0) is 4.74 Å². The van der Waals surface area contributed by atoms with Crippen LogP contribution >= 0.6 is 11.8 Å². The van der Waals surface area contributed by atoms with Gasteiger partial charge < -0.3 is 10.1 Å². The van der Waals surface area contributed by atoms with Crippen molar-refractivity contribution >= 4 is 11.8 Å². The molecule has 3 fully saturated rings. The Balaban J connectivity index is 1.40. The van der Waals surface area contributed by atoms with Gasteiger partial charge in [0.15, 0.2) is 0 Å². The first-order valence-electron chi connectivity index (χ1n) is 4.84. The highest BCUT2D eigenvalue weighted by atomic mass is 32.2. The van der Waals surface area contributed by atoms with Gasteiger partial charge in [-0.25, -0.2) is 0 Å². The van der Waals surface area contributed by atoms with Crippen LogP contribution < -0.4 is 5.32 Å². The van der Waals surface area contributed by atoms with E-state index in [1.807, 2.05) is 0 Å². The topological polar surface area (TPSA) is 21.3 Å². The maximum absolute atomic E-state index is 5.35. The van der Waals surface area contributed by atoms with Gasteiger partial charge in [-0.15, -0.1) is 0 Å². The monoisotopic (exact) mass is 185 g/mol. The highest BCUT2D eigenvalue weighted by Crippen LogP contribution is 2.50. The molecule has 1 saturated carbocycles. The van der Waals surface area contributed by atoms with Crippen molar-refractivity contribution in [3.8, 4) is 0 Å². The summed E-state index contributed by atoms with van der Waals surface area (Å²) in [5.74, 6) is 5.47. The summed E-state index contributed by atoms with van der Waals surface area (Å²) < 4.78 is 5.35. The molecular weight excluding hydrogens is 170 g/mol. The largest absolute Gasteiger partial charge is 0.381 e. The van der Waals surface area contributed by atoms with Crippen molar-refractivity contribution < 1.29 is 4.74 Å². The van der Waals surface area contributed by atoms with E-state index in [1.54, 1.807) is 0 Å². The molecule has 2 nitrogen and oxygen atoms in total. The molecule has 12 heavy (non-hydrogen) atoms. The normalized spacial score (nSPS) is 45.5. The number of hydrogen-bond donors (Lipinski definition) is 1. The molecule has 3 aliphatic rings. The SMILES string of the molecule is C1SCC1NCC1C2COCC12. The van der Waals surface area contributed by atoms with Gasteiger partial charge in [0.2, 0.25) is 0 Å². The van der Waals surface area contributed by atoms with Crippen LogP contribution in [0.15, 0.2) is 0 Å². The second-order valence-corrected chi connectivity index (χ2v) is 5.25. The Bertz CT molecular complexity index is 173. The van der Waals surface area contributed by atoms with Crippen LogP contribution in [0, 0.1) is 17.8 Å². The van der Waals surface area contributed by atoms with E-state index >= 15 is 0 Å². The van der Waals surface area contributed by atoms with Crippen molar-refractivity contribution in [1.29, 1.82) is 0 Å². The molecule has 2 unspecified atom stereocenters. The Hall–Kier alpha value is 0.270. The Labute approximate surface area is 77.4 Å². The minimum Gasteiger partial charge on any atom is -0.381 e. The van der Waals surface area contributed by atoms with Gasteiger partial charge in [-0.3, -0.25) is 0 Å². The summed E-state index contributed by atoms with van der Waals surface area (Å²) in [6.45, 7) is 3.33. The smallest absolute Gasteiger partial charge is 0.0501 e. The molecule has 0 aromatic heterocycles. The van der Waals surface area contributed by atoms with Crippen LogP contribution in [0.4, 0.5) is 0 Å². The first kappa shape index (κ1) is 7.65. The van der Waals surface area contributed by atoms with E-state index in [0.717, 1.165) is 37.0 Å². The predicted octanol–water partition coefficient (Wildman–Crippen LogP) is 0.584.